The minimum Gasteiger partial charge on any atom is -0.384 e. The first-order valence-corrected chi connectivity index (χ1v) is 8.99. The van der Waals surface area contributed by atoms with Crippen molar-refractivity contribution in [2.75, 3.05) is 13.6 Å². The van der Waals surface area contributed by atoms with Gasteiger partial charge in [-0.1, -0.05) is 33.1 Å². The highest BCUT2D eigenvalue weighted by molar-refractivity contribution is 5.97. The minimum atomic E-state index is -0.670. The van der Waals surface area contributed by atoms with E-state index in [1.54, 1.807) is 11.9 Å². The molecular weight excluding hydrogens is 360 g/mol. The lowest BCUT2D eigenvalue weighted by molar-refractivity contribution is -0.123. The molecule has 26 heavy (non-hydrogen) atoms. The highest BCUT2D eigenvalue weighted by Gasteiger charge is 2.36. The monoisotopic (exact) mass is 388 g/mol. The molecule has 1 aromatic rings. The van der Waals surface area contributed by atoms with Crippen LogP contribution in [0.3, 0.4) is 0 Å². The average Bonchev–Trinajstić information content (AvgIpc) is 2.98. The molecule has 1 aliphatic rings. The van der Waals surface area contributed by atoms with E-state index in [4.69, 9.17) is 4.42 Å². The first-order valence-electron chi connectivity index (χ1n) is 8.99. The zero-order valence-electron chi connectivity index (χ0n) is 15.6. The second-order valence-corrected chi connectivity index (χ2v) is 6.90. The number of rotatable bonds is 9. The van der Waals surface area contributed by atoms with Gasteiger partial charge in [-0.25, -0.2) is 4.79 Å². The van der Waals surface area contributed by atoms with E-state index in [1.807, 2.05) is 13.8 Å². The van der Waals surface area contributed by atoms with Crippen LogP contribution in [-0.2, 0) is 11.3 Å². The number of amides is 1. The molecule has 0 saturated heterocycles. The fraction of sp³-hybridized carbons (Fsp3) is 0.765. The summed E-state index contributed by atoms with van der Waals surface area (Å²) in [5.41, 5.74) is 0. The molecule has 8 nitrogen and oxygen atoms in total. The first-order chi connectivity index (χ1) is 12.0. The summed E-state index contributed by atoms with van der Waals surface area (Å²) in [6.07, 6.45) is 5.83. The molecule has 0 aliphatic heterocycles. The lowest BCUT2D eigenvalue weighted by Gasteiger charge is -2.37. The van der Waals surface area contributed by atoms with Crippen LogP contribution in [0, 0.1) is 5.92 Å². The van der Waals surface area contributed by atoms with Crippen LogP contribution < -0.4 is 11.1 Å². The van der Waals surface area contributed by atoms with E-state index >= 15 is 0 Å². The van der Waals surface area contributed by atoms with E-state index in [2.05, 4.69) is 10.4 Å². The van der Waals surface area contributed by atoms with E-state index in [9.17, 15) is 14.4 Å². The Morgan fingerprint density at radius 1 is 1.38 bits per heavy atom. The summed E-state index contributed by atoms with van der Waals surface area (Å²) < 4.78 is 6.19. The third kappa shape index (κ3) is 5.17. The average molecular weight is 389 g/mol. The number of hydrogen-bond acceptors (Lipinski definition) is 6. The van der Waals surface area contributed by atoms with Crippen molar-refractivity contribution >= 4 is 24.6 Å². The largest absolute Gasteiger partial charge is 0.437 e. The van der Waals surface area contributed by atoms with Gasteiger partial charge in [0.05, 0.1) is 6.54 Å². The van der Waals surface area contributed by atoms with E-state index in [0.717, 1.165) is 43.2 Å². The standard InChI is InChI=1S/C17H28N4O4.ClH/c1-12(2)14(20(11-22)13-7-5-4-6-8-13)15(23)16-19-21(10-9-18-3)17(24)25-16;/h11-14,18H,4-10H2,1-3H3;1H/t14-;/m0./s1. The zero-order chi connectivity index (χ0) is 18.4. The van der Waals surface area contributed by atoms with Crippen LogP contribution in [0.5, 0.6) is 0 Å². The van der Waals surface area contributed by atoms with Gasteiger partial charge in [0.25, 0.3) is 5.89 Å². The first kappa shape index (κ1) is 22.4. The highest BCUT2D eigenvalue weighted by atomic mass is 35.5. The molecule has 148 valence electrons. The summed E-state index contributed by atoms with van der Waals surface area (Å²) in [7, 11) is 1.76. The van der Waals surface area contributed by atoms with Crippen molar-refractivity contribution in [3.05, 3.63) is 16.4 Å². The normalized spacial score (nSPS) is 16.2. The maximum Gasteiger partial charge on any atom is 0.437 e. The number of Topliss-reactive ketones (excluding diaryl/α,β-unsaturated/α-hetero) is 1. The molecule has 1 amide bonds. The predicted octanol–water partition coefficient (Wildman–Crippen LogP) is 1.48. The summed E-state index contributed by atoms with van der Waals surface area (Å²) in [5, 5.41) is 6.93. The quantitative estimate of drug-likeness (QED) is 0.508. The van der Waals surface area contributed by atoms with Crippen LogP contribution in [-0.4, -0.2) is 52.5 Å². The molecule has 2 rings (SSSR count). The Morgan fingerprint density at radius 2 is 2.04 bits per heavy atom. The number of halogens is 1. The molecule has 0 bridgehead atoms. The Balaban J connectivity index is 0.00000338. The van der Waals surface area contributed by atoms with E-state index < -0.39 is 17.6 Å². The number of likely N-dealkylation sites (N-methyl/N-ethyl adjacent to an activating group) is 1. The number of hydrogen-bond donors (Lipinski definition) is 1. The minimum absolute atomic E-state index is 0. The molecule has 0 aromatic carbocycles. The van der Waals surface area contributed by atoms with Gasteiger partial charge in [-0.15, -0.1) is 17.5 Å². The Morgan fingerprint density at radius 3 is 2.58 bits per heavy atom. The number of nitrogens with one attached hydrogen (secondary N) is 1. The summed E-state index contributed by atoms with van der Waals surface area (Å²) >= 11 is 0. The number of carbonyl (C=O) groups excluding carboxylic acids is 2. The second kappa shape index (κ2) is 10.5. The molecule has 1 aliphatic carbocycles. The summed E-state index contributed by atoms with van der Waals surface area (Å²) in [4.78, 5) is 38.2. The van der Waals surface area contributed by atoms with Crippen molar-refractivity contribution in [2.24, 2.45) is 5.92 Å². The Bertz CT molecular complexity index is 637. The fourth-order valence-electron chi connectivity index (χ4n) is 3.43. The third-order valence-electron chi connectivity index (χ3n) is 4.73. The van der Waals surface area contributed by atoms with E-state index in [0.29, 0.717) is 13.1 Å². The highest BCUT2D eigenvalue weighted by Crippen LogP contribution is 2.26. The molecule has 1 N–H and O–H groups in total. The lowest BCUT2D eigenvalue weighted by Crippen LogP contribution is -2.50. The molecule has 0 unspecified atom stereocenters. The zero-order valence-corrected chi connectivity index (χ0v) is 16.5. The summed E-state index contributed by atoms with van der Waals surface area (Å²) in [5.74, 6) is -1.39. The van der Waals surface area contributed by atoms with Crippen molar-refractivity contribution < 1.29 is 14.0 Å². The van der Waals surface area contributed by atoms with Crippen molar-refractivity contribution in [2.45, 2.75) is 64.6 Å². The molecule has 9 heteroatoms. The second-order valence-electron chi connectivity index (χ2n) is 6.90. The van der Waals surface area contributed by atoms with Crippen LogP contribution >= 0.6 is 12.4 Å². The third-order valence-corrected chi connectivity index (χ3v) is 4.73. The van der Waals surface area contributed by atoms with Gasteiger partial charge in [-0.05, 0) is 25.8 Å². The van der Waals surface area contributed by atoms with E-state index in [1.165, 1.54) is 0 Å². The number of ketones is 1. The van der Waals surface area contributed by atoms with Crippen molar-refractivity contribution in [3.8, 4) is 0 Å². The molecule has 1 fully saturated rings. The molecular formula is C17H29ClN4O4. The Labute approximate surface area is 159 Å². The number of nitrogens with zero attached hydrogens (tertiary/aromatic N) is 3. The fourth-order valence-corrected chi connectivity index (χ4v) is 3.43. The Hall–Kier alpha value is -1.67. The lowest BCUT2D eigenvalue weighted by atomic mass is 9.90. The van der Waals surface area contributed by atoms with Crippen LogP contribution in [0.1, 0.15) is 56.6 Å². The molecule has 1 aromatic heterocycles. The van der Waals surface area contributed by atoms with Gasteiger partial charge in [0.15, 0.2) is 0 Å². The van der Waals surface area contributed by atoms with Crippen LogP contribution in [0.4, 0.5) is 0 Å². The molecule has 0 radical (unpaired) electrons. The molecule has 1 heterocycles. The smallest absolute Gasteiger partial charge is 0.384 e. The number of carbonyl (C=O) groups is 2. The van der Waals surface area contributed by atoms with Gasteiger partial charge in [0.1, 0.15) is 6.04 Å². The van der Waals surface area contributed by atoms with Gasteiger partial charge in [0, 0.05) is 12.6 Å². The SMILES string of the molecule is CNCCn1nc(C(=O)[C@H](C(C)C)N(C=O)C2CCCCC2)oc1=O.Cl. The van der Waals surface area contributed by atoms with Gasteiger partial charge >= 0.3 is 5.76 Å². The van der Waals surface area contributed by atoms with Gasteiger partial charge in [-0.2, -0.15) is 4.68 Å². The maximum absolute atomic E-state index is 12.9. The maximum atomic E-state index is 12.9. The summed E-state index contributed by atoms with van der Waals surface area (Å²) in [6.45, 7) is 4.63. The van der Waals surface area contributed by atoms with Crippen LogP contribution in [0.2, 0.25) is 0 Å². The van der Waals surface area contributed by atoms with Gasteiger partial charge in [0.2, 0.25) is 12.2 Å². The van der Waals surface area contributed by atoms with Crippen LogP contribution in [0.15, 0.2) is 9.21 Å². The summed E-state index contributed by atoms with van der Waals surface area (Å²) in [6, 6.07) is -0.614. The topological polar surface area (TPSA) is 97.4 Å². The van der Waals surface area contributed by atoms with Crippen molar-refractivity contribution in [3.63, 3.8) is 0 Å². The Kier molecular flexibility index (Phi) is 9.01. The molecule has 1 atom stereocenters. The van der Waals surface area contributed by atoms with Crippen molar-refractivity contribution in [1.82, 2.24) is 20.0 Å². The number of aromatic nitrogens is 2. The van der Waals surface area contributed by atoms with Gasteiger partial charge in [-0.3, -0.25) is 9.59 Å². The molecule has 1 saturated carbocycles. The predicted molar refractivity (Wildman–Crippen MR) is 99.7 cm³/mol. The van der Waals surface area contributed by atoms with Gasteiger partial charge < -0.3 is 14.6 Å². The van der Waals surface area contributed by atoms with Crippen molar-refractivity contribution in [1.29, 1.82) is 0 Å². The molecule has 0 spiro atoms. The van der Waals surface area contributed by atoms with Crippen LogP contribution in [0.25, 0.3) is 0 Å². The van der Waals surface area contributed by atoms with E-state index in [-0.39, 0.29) is 30.3 Å².